The van der Waals surface area contributed by atoms with E-state index in [1.807, 2.05) is 0 Å². The third kappa shape index (κ3) is 2.35. The molecule has 0 spiro atoms. The van der Waals surface area contributed by atoms with E-state index < -0.39 is 0 Å². The van der Waals surface area contributed by atoms with Gasteiger partial charge in [-0.25, -0.2) is 4.39 Å². The number of rotatable bonds is 2. The Morgan fingerprint density at radius 3 is 2.80 bits per heavy atom. The number of ether oxygens (including phenoxy) is 1. The Bertz CT molecular complexity index is 393. The van der Waals surface area contributed by atoms with Crippen LogP contribution in [-0.4, -0.2) is 25.2 Å². The molecule has 0 unspecified atom stereocenters. The molecule has 0 aromatic heterocycles. The normalized spacial score (nSPS) is 15.9. The number of halogens is 2. The molecule has 0 radical (unpaired) electrons. The molecule has 1 aromatic rings. The van der Waals surface area contributed by atoms with Crippen LogP contribution in [0.1, 0.15) is 10.4 Å². The molecule has 15 heavy (non-hydrogen) atoms. The van der Waals surface area contributed by atoms with Gasteiger partial charge in [0, 0.05) is 5.56 Å². The number of carbonyl (C=O) groups excluding carboxylic acids is 1. The Labute approximate surface area is 94.7 Å². The Balaban J connectivity index is 2.07. The lowest BCUT2D eigenvalue weighted by Crippen LogP contribution is -2.48. The summed E-state index contributed by atoms with van der Waals surface area (Å²) in [6, 6.07) is 4.26. The van der Waals surface area contributed by atoms with Gasteiger partial charge in [0.2, 0.25) is 0 Å². The van der Waals surface area contributed by atoms with Crippen molar-refractivity contribution in [3.8, 4) is 0 Å². The van der Waals surface area contributed by atoms with Crippen LogP contribution in [0.5, 0.6) is 0 Å². The topological polar surface area (TPSA) is 38.3 Å². The molecule has 1 aliphatic rings. The molecule has 0 saturated carbocycles. The minimum atomic E-state index is -0.376. The van der Waals surface area contributed by atoms with Crippen molar-refractivity contribution >= 4 is 21.8 Å². The van der Waals surface area contributed by atoms with Crippen molar-refractivity contribution in [3.63, 3.8) is 0 Å². The molecule has 1 aromatic carbocycles. The fourth-order valence-electron chi connectivity index (χ4n) is 1.23. The van der Waals surface area contributed by atoms with E-state index in [2.05, 4.69) is 21.2 Å². The first-order chi connectivity index (χ1) is 7.16. The van der Waals surface area contributed by atoms with Crippen LogP contribution in [0.4, 0.5) is 4.39 Å². The van der Waals surface area contributed by atoms with Gasteiger partial charge in [0.25, 0.3) is 5.91 Å². The van der Waals surface area contributed by atoms with E-state index in [1.165, 1.54) is 18.2 Å². The van der Waals surface area contributed by atoms with Gasteiger partial charge in [-0.3, -0.25) is 4.79 Å². The van der Waals surface area contributed by atoms with Crippen molar-refractivity contribution < 1.29 is 13.9 Å². The largest absolute Gasteiger partial charge is 0.377 e. The minimum absolute atomic E-state index is 0.0846. The van der Waals surface area contributed by atoms with E-state index in [-0.39, 0.29) is 17.8 Å². The van der Waals surface area contributed by atoms with Crippen molar-refractivity contribution in [2.75, 3.05) is 13.2 Å². The van der Waals surface area contributed by atoms with Gasteiger partial charge in [-0.05, 0) is 34.1 Å². The fourth-order valence-corrected chi connectivity index (χ4v) is 1.60. The molecule has 1 saturated heterocycles. The van der Waals surface area contributed by atoms with Crippen LogP contribution in [0.3, 0.4) is 0 Å². The zero-order chi connectivity index (χ0) is 10.8. The van der Waals surface area contributed by atoms with Crippen LogP contribution in [-0.2, 0) is 4.74 Å². The number of carbonyl (C=O) groups is 1. The van der Waals surface area contributed by atoms with E-state index in [0.29, 0.717) is 23.2 Å². The van der Waals surface area contributed by atoms with Gasteiger partial charge in [0.15, 0.2) is 0 Å². The predicted molar refractivity (Wildman–Crippen MR) is 56.2 cm³/mol. The number of nitrogens with one attached hydrogen (secondary N) is 1. The van der Waals surface area contributed by atoms with Crippen molar-refractivity contribution in [2.45, 2.75) is 6.04 Å². The highest BCUT2D eigenvalue weighted by molar-refractivity contribution is 9.10. The average Bonchev–Trinajstić information content (AvgIpc) is 2.15. The molecule has 1 amide bonds. The van der Waals surface area contributed by atoms with Crippen LogP contribution in [0.25, 0.3) is 0 Å². The number of benzene rings is 1. The second-order valence-corrected chi connectivity index (χ2v) is 4.19. The first kappa shape index (κ1) is 10.6. The first-order valence-electron chi connectivity index (χ1n) is 4.50. The van der Waals surface area contributed by atoms with E-state index in [4.69, 9.17) is 4.74 Å². The summed E-state index contributed by atoms with van der Waals surface area (Å²) in [6.07, 6.45) is 0. The molecule has 1 fully saturated rings. The van der Waals surface area contributed by atoms with Gasteiger partial charge in [-0.15, -0.1) is 0 Å². The molecular weight excluding hydrogens is 265 g/mol. The number of amides is 1. The second kappa shape index (κ2) is 4.28. The van der Waals surface area contributed by atoms with Gasteiger partial charge in [0.05, 0.1) is 23.7 Å². The minimum Gasteiger partial charge on any atom is -0.377 e. The predicted octanol–water partition coefficient (Wildman–Crippen LogP) is 1.72. The van der Waals surface area contributed by atoms with Gasteiger partial charge in [-0.1, -0.05) is 0 Å². The summed E-state index contributed by atoms with van der Waals surface area (Å²) < 4.78 is 18.1. The standard InChI is InChI=1S/C10H9BrFNO2/c11-8-3-6(1-2-9(8)12)10(14)13-7-4-15-5-7/h1-3,7H,4-5H2,(H,13,14). The van der Waals surface area contributed by atoms with Gasteiger partial charge in [0.1, 0.15) is 5.82 Å². The van der Waals surface area contributed by atoms with Gasteiger partial charge in [-0.2, -0.15) is 0 Å². The quantitative estimate of drug-likeness (QED) is 0.891. The van der Waals surface area contributed by atoms with Gasteiger partial charge >= 0.3 is 0 Å². The highest BCUT2D eigenvalue weighted by atomic mass is 79.9. The summed E-state index contributed by atoms with van der Waals surface area (Å²) in [5.41, 5.74) is 0.440. The van der Waals surface area contributed by atoms with Crippen molar-refractivity contribution in [2.24, 2.45) is 0 Å². The Kier molecular flexibility index (Phi) is 3.02. The Morgan fingerprint density at radius 2 is 2.27 bits per heavy atom. The molecule has 80 valence electrons. The smallest absolute Gasteiger partial charge is 0.251 e. The lowest BCUT2D eigenvalue weighted by molar-refractivity contribution is -0.00346. The highest BCUT2D eigenvalue weighted by Gasteiger charge is 2.21. The van der Waals surface area contributed by atoms with Crippen LogP contribution in [0, 0.1) is 5.82 Å². The molecule has 1 aliphatic heterocycles. The third-order valence-electron chi connectivity index (χ3n) is 2.16. The summed E-state index contributed by atoms with van der Waals surface area (Å²) in [5, 5.41) is 2.77. The maximum Gasteiger partial charge on any atom is 0.251 e. The van der Waals surface area contributed by atoms with Crippen molar-refractivity contribution in [1.82, 2.24) is 5.32 Å². The summed E-state index contributed by atoms with van der Waals surface area (Å²) in [5.74, 6) is -0.581. The zero-order valence-electron chi connectivity index (χ0n) is 7.80. The van der Waals surface area contributed by atoms with Crippen LogP contribution >= 0.6 is 15.9 Å². The molecule has 1 N–H and O–H groups in total. The summed E-state index contributed by atoms with van der Waals surface area (Å²) in [6.45, 7) is 1.10. The maximum absolute atomic E-state index is 12.9. The monoisotopic (exact) mass is 273 g/mol. The zero-order valence-corrected chi connectivity index (χ0v) is 9.38. The molecule has 1 heterocycles. The molecule has 5 heteroatoms. The van der Waals surface area contributed by atoms with Crippen molar-refractivity contribution in [1.29, 1.82) is 0 Å². The lowest BCUT2D eigenvalue weighted by Gasteiger charge is -2.26. The maximum atomic E-state index is 12.9. The van der Waals surface area contributed by atoms with E-state index in [1.54, 1.807) is 0 Å². The summed E-state index contributed by atoms with van der Waals surface area (Å²) in [7, 11) is 0. The summed E-state index contributed by atoms with van der Waals surface area (Å²) in [4.78, 5) is 11.6. The first-order valence-corrected chi connectivity index (χ1v) is 5.30. The Hall–Kier alpha value is -0.940. The lowest BCUT2D eigenvalue weighted by atomic mass is 10.2. The van der Waals surface area contributed by atoms with Crippen LogP contribution in [0.15, 0.2) is 22.7 Å². The van der Waals surface area contributed by atoms with E-state index in [9.17, 15) is 9.18 Å². The second-order valence-electron chi connectivity index (χ2n) is 3.34. The fraction of sp³-hybridized carbons (Fsp3) is 0.300. The van der Waals surface area contributed by atoms with E-state index >= 15 is 0 Å². The molecular formula is C10H9BrFNO2. The highest BCUT2D eigenvalue weighted by Crippen LogP contribution is 2.17. The molecule has 0 bridgehead atoms. The van der Waals surface area contributed by atoms with Crippen molar-refractivity contribution in [3.05, 3.63) is 34.1 Å². The summed E-state index contributed by atoms with van der Waals surface area (Å²) >= 11 is 3.03. The third-order valence-corrected chi connectivity index (χ3v) is 2.76. The van der Waals surface area contributed by atoms with Crippen LogP contribution in [0.2, 0.25) is 0 Å². The Morgan fingerprint density at radius 1 is 1.53 bits per heavy atom. The SMILES string of the molecule is O=C(NC1COC1)c1ccc(F)c(Br)c1. The number of hydrogen-bond acceptors (Lipinski definition) is 2. The molecule has 3 nitrogen and oxygen atoms in total. The van der Waals surface area contributed by atoms with E-state index in [0.717, 1.165) is 0 Å². The van der Waals surface area contributed by atoms with Gasteiger partial charge < -0.3 is 10.1 Å². The van der Waals surface area contributed by atoms with Crippen LogP contribution < -0.4 is 5.32 Å². The molecule has 0 aliphatic carbocycles. The molecule has 2 rings (SSSR count). The average molecular weight is 274 g/mol. The number of hydrogen-bond donors (Lipinski definition) is 1. The molecule has 0 atom stereocenters.